The fraction of sp³-hybridized carbons (Fsp3) is 0.308. The molecular weight excluding hydrogens is 312 g/mol. The Morgan fingerprint density at radius 1 is 1.50 bits per heavy atom. The Labute approximate surface area is 119 Å². The Hall–Kier alpha value is -0.910. The highest BCUT2D eigenvalue weighted by atomic mass is 79.9. The predicted octanol–water partition coefficient (Wildman–Crippen LogP) is 3.47. The third-order valence-corrected chi connectivity index (χ3v) is 4.47. The van der Waals surface area contributed by atoms with Gasteiger partial charge < -0.3 is 10.5 Å². The number of aromatic nitrogens is 1. The van der Waals surface area contributed by atoms with Crippen LogP contribution in [0.5, 0.6) is 5.75 Å². The molecule has 2 aromatic rings. The number of nitrogens with two attached hydrogens (primary N) is 1. The van der Waals surface area contributed by atoms with Crippen molar-refractivity contribution in [3.05, 3.63) is 44.3 Å². The lowest BCUT2D eigenvalue weighted by Crippen LogP contribution is -2.13. The van der Waals surface area contributed by atoms with Crippen molar-refractivity contribution in [1.82, 2.24) is 4.98 Å². The van der Waals surface area contributed by atoms with Crippen molar-refractivity contribution in [1.29, 1.82) is 0 Å². The first-order valence-corrected chi connectivity index (χ1v) is 7.27. The maximum absolute atomic E-state index is 6.22. The second kappa shape index (κ2) is 5.82. The van der Waals surface area contributed by atoms with Gasteiger partial charge in [0.05, 0.1) is 22.8 Å². The number of methoxy groups -OCH3 is 1. The van der Waals surface area contributed by atoms with Crippen LogP contribution in [0.15, 0.2) is 28.2 Å². The van der Waals surface area contributed by atoms with E-state index in [1.807, 2.05) is 24.6 Å². The monoisotopic (exact) mass is 326 g/mol. The first kappa shape index (κ1) is 13.5. The number of benzene rings is 1. The van der Waals surface area contributed by atoms with Crippen molar-refractivity contribution in [2.75, 3.05) is 7.11 Å². The highest BCUT2D eigenvalue weighted by Gasteiger charge is 2.13. The Kier molecular flexibility index (Phi) is 4.37. The molecule has 0 aliphatic carbocycles. The van der Waals surface area contributed by atoms with E-state index < -0.39 is 0 Å². The van der Waals surface area contributed by atoms with Crippen LogP contribution in [0.2, 0.25) is 0 Å². The summed E-state index contributed by atoms with van der Waals surface area (Å²) in [6.07, 6.45) is 0.797. The number of hydrogen-bond acceptors (Lipinski definition) is 4. The Balaban J connectivity index is 2.15. The number of ether oxygens (including phenoxy) is 1. The van der Waals surface area contributed by atoms with Gasteiger partial charge in [-0.2, -0.15) is 0 Å². The summed E-state index contributed by atoms with van der Waals surface area (Å²) in [7, 11) is 1.66. The third kappa shape index (κ3) is 2.91. The van der Waals surface area contributed by atoms with Gasteiger partial charge in [-0.25, -0.2) is 4.98 Å². The molecule has 0 saturated heterocycles. The van der Waals surface area contributed by atoms with E-state index >= 15 is 0 Å². The average Bonchev–Trinajstić information content (AvgIpc) is 2.76. The summed E-state index contributed by atoms with van der Waals surface area (Å²) in [6, 6.07) is 6.04. The highest BCUT2D eigenvalue weighted by Crippen LogP contribution is 2.28. The first-order chi connectivity index (χ1) is 8.61. The van der Waals surface area contributed by atoms with Crippen LogP contribution in [0.4, 0.5) is 0 Å². The van der Waals surface area contributed by atoms with Gasteiger partial charge in [0.25, 0.3) is 0 Å². The summed E-state index contributed by atoms with van der Waals surface area (Å²) in [5.41, 5.74) is 10.3. The lowest BCUT2D eigenvalue weighted by molar-refractivity contribution is 0.412. The molecule has 0 aliphatic rings. The van der Waals surface area contributed by atoms with Crippen LogP contribution in [0.1, 0.15) is 22.2 Å². The Bertz CT molecular complexity index is 542. The molecule has 5 heteroatoms. The summed E-state index contributed by atoms with van der Waals surface area (Å²) in [6.45, 7) is 2.00. The molecular formula is C13H15BrN2OS. The SMILES string of the molecule is COc1ccc(CC(N)c2scnc2C)cc1Br. The van der Waals surface area contributed by atoms with Crippen molar-refractivity contribution < 1.29 is 4.74 Å². The van der Waals surface area contributed by atoms with Gasteiger partial charge in [-0.05, 0) is 47.0 Å². The molecule has 0 bridgehead atoms. The standard InChI is InChI=1S/C13H15BrN2OS/c1-8-13(18-7-16-8)11(15)6-9-3-4-12(17-2)10(14)5-9/h3-5,7,11H,6,15H2,1-2H3. The lowest BCUT2D eigenvalue weighted by Gasteiger charge is -2.12. The van der Waals surface area contributed by atoms with Crippen molar-refractivity contribution >= 4 is 27.3 Å². The number of nitrogens with zero attached hydrogens (tertiary/aromatic N) is 1. The molecule has 2 N–H and O–H groups in total. The van der Waals surface area contributed by atoms with Crippen molar-refractivity contribution in [2.24, 2.45) is 5.73 Å². The van der Waals surface area contributed by atoms with Gasteiger partial charge in [0.15, 0.2) is 0 Å². The molecule has 1 unspecified atom stereocenters. The lowest BCUT2D eigenvalue weighted by atomic mass is 10.0. The molecule has 3 nitrogen and oxygen atoms in total. The van der Waals surface area contributed by atoms with Gasteiger partial charge in [-0.15, -0.1) is 11.3 Å². The topological polar surface area (TPSA) is 48.1 Å². The minimum Gasteiger partial charge on any atom is -0.496 e. The molecule has 2 rings (SSSR count). The minimum absolute atomic E-state index is 0.00204. The van der Waals surface area contributed by atoms with Gasteiger partial charge in [0, 0.05) is 10.9 Å². The van der Waals surface area contributed by atoms with E-state index in [1.165, 1.54) is 5.56 Å². The second-order valence-corrected chi connectivity index (χ2v) is 5.82. The molecule has 0 fully saturated rings. The van der Waals surface area contributed by atoms with E-state index in [4.69, 9.17) is 10.5 Å². The van der Waals surface area contributed by atoms with Gasteiger partial charge in [0.1, 0.15) is 5.75 Å². The zero-order valence-electron chi connectivity index (χ0n) is 10.3. The fourth-order valence-corrected chi connectivity index (χ4v) is 3.24. The first-order valence-electron chi connectivity index (χ1n) is 5.59. The molecule has 96 valence electrons. The maximum atomic E-state index is 6.22. The van der Waals surface area contributed by atoms with Crippen LogP contribution in [0.25, 0.3) is 0 Å². The number of hydrogen-bond donors (Lipinski definition) is 1. The maximum Gasteiger partial charge on any atom is 0.133 e. The van der Waals surface area contributed by atoms with Crippen LogP contribution >= 0.6 is 27.3 Å². The zero-order chi connectivity index (χ0) is 13.1. The summed E-state index contributed by atoms with van der Waals surface area (Å²) >= 11 is 5.10. The number of aryl methyl sites for hydroxylation is 1. The fourth-order valence-electron chi connectivity index (χ4n) is 1.85. The van der Waals surface area contributed by atoms with E-state index in [2.05, 4.69) is 27.0 Å². The largest absolute Gasteiger partial charge is 0.496 e. The molecule has 1 aromatic carbocycles. The average molecular weight is 327 g/mol. The van der Waals surface area contributed by atoms with Crippen LogP contribution < -0.4 is 10.5 Å². The molecule has 1 atom stereocenters. The van der Waals surface area contributed by atoms with Gasteiger partial charge in [0.2, 0.25) is 0 Å². The zero-order valence-corrected chi connectivity index (χ0v) is 12.7. The number of thiazole rings is 1. The predicted molar refractivity (Wildman–Crippen MR) is 78.2 cm³/mol. The van der Waals surface area contributed by atoms with Gasteiger partial charge in [-0.3, -0.25) is 0 Å². The van der Waals surface area contributed by atoms with Crippen molar-refractivity contribution in [3.63, 3.8) is 0 Å². The van der Waals surface area contributed by atoms with Crippen molar-refractivity contribution in [3.8, 4) is 5.75 Å². The summed E-state index contributed by atoms with van der Waals surface area (Å²) < 4.78 is 6.16. The quantitative estimate of drug-likeness (QED) is 0.935. The molecule has 0 spiro atoms. The van der Waals surface area contributed by atoms with Crippen LogP contribution in [0, 0.1) is 6.92 Å². The number of halogens is 1. The highest BCUT2D eigenvalue weighted by molar-refractivity contribution is 9.10. The van der Waals surface area contributed by atoms with E-state index in [1.54, 1.807) is 18.4 Å². The molecule has 0 saturated carbocycles. The molecule has 0 radical (unpaired) electrons. The van der Waals surface area contributed by atoms with Gasteiger partial charge in [-0.1, -0.05) is 6.07 Å². The summed E-state index contributed by atoms with van der Waals surface area (Å²) in [5.74, 6) is 0.835. The van der Waals surface area contributed by atoms with Crippen LogP contribution in [-0.4, -0.2) is 12.1 Å². The van der Waals surface area contributed by atoms with E-state index in [0.29, 0.717) is 0 Å². The normalized spacial score (nSPS) is 12.4. The summed E-state index contributed by atoms with van der Waals surface area (Å²) in [4.78, 5) is 5.39. The van der Waals surface area contributed by atoms with Crippen LogP contribution in [-0.2, 0) is 6.42 Å². The minimum atomic E-state index is -0.00204. The smallest absolute Gasteiger partial charge is 0.133 e. The molecule has 1 aromatic heterocycles. The van der Waals surface area contributed by atoms with E-state index in [9.17, 15) is 0 Å². The number of rotatable bonds is 4. The molecule has 1 heterocycles. The molecule has 0 amide bonds. The van der Waals surface area contributed by atoms with E-state index in [-0.39, 0.29) is 6.04 Å². The van der Waals surface area contributed by atoms with E-state index in [0.717, 1.165) is 27.2 Å². The Morgan fingerprint density at radius 3 is 2.83 bits per heavy atom. The van der Waals surface area contributed by atoms with Crippen LogP contribution in [0.3, 0.4) is 0 Å². The molecule has 18 heavy (non-hydrogen) atoms. The van der Waals surface area contributed by atoms with Gasteiger partial charge >= 0.3 is 0 Å². The van der Waals surface area contributed by atoms with Crippen molar-refractivity contribution in [2.45, 2.75) is 19.4 Å². The third-order valence-electron chi connectivity index (χ3n) is 2.79. The second-order valence-electron chi connectivity index (χ2n) is 4.08. The Morgan fingerprint density at radius 2 is 2.28 bits per heavy atom. The molecule has 0 aliphatic heterocycles. The summed E-state index contributed by atoms with van der Waals surface area (Å²) in [5, 5.41) is 0.